The summed E-state index contributed by atoms with van der Waals surface area (Å²) in [6.45, 7) is 3.56. The van der Waals surface area contributed by atoms with Crippen molar-refractivity contribution < 1.29 is 14.1 Å². The summed E-state index contributed by atoms with van der Waals surface area (Å²) >= 11 is 0. The molecule has 1 aromatic heterocycles. The highest BCUT2D eigenvalue weighted by Gasteiger charge is 2.27. The molecule has 0 bridgehead atoms. The van der Waals surface area contributed by atoms with Gasteiger partial charge in [0.15, 0.2) is 5.82 Å². The third-order valence-corrected chi connectivity index (χ3v) is 4.58. The molecule has 0 saturated carbocycles. The normalized spacial score (nSPS) is 17.1. The minimum atomic E-state index is -0.135. The van der Waals surface area contributed by atoms with E-state index in [2.05, 4.69) is 15.5 Å². The van der Waals surface area contributed by atoms with Crippen molar-refractivity contribution in [2.45, 2.75) is 32.6 Å². The largest absolute Gasteiger partial charge is 0.355 e. The van der Waals surface area contributed by atoms with E-state index in [0.29, 0.717) is 37.6 Å². The molecule has 0 spiro atoms. The van der Waals surface area contributed by atoms with Crippen LogP contribution in [-0.4, -0.2) is 46.5 Å². The molecule has 1 fully saturated rings. The Morgan fingerprint density at radius 3 is 2.88 bits per heavy atom. The fourth-order valence-corrected chi connectivity index (χ4v) is 3.14. The predicted octanol–water partition coefficient (Wildman–Crippen LogP) is 2.04. The van der Waals surface area contributed by atoms with Gasteiger partial charge in [-0.05, 0) is 25.0 Å². The standard InChI is InChI=1S/C19H24N4O3/c1-2-17(24)23-12-6-9-15(13-23)18(25)20-11-10-16-21-19(26-22-16)14-7-4-3-5-8-14/h3-5,7-8,15H,2,6,9-13H2,1H3,(H,20,25)/t15-/m1/s1. The van der Waals surface area contributed by atoms with Crippen LogP contribution < -0.4 is 5.32 Å². The third-order valence-electron chi connectivity index (χ3n) is 4.58. The van der Waals surface area contributed by atoms with Gasteiger partial charge in [-0.3, -0.25) is 9.59 Å². The Labute approximate surface area is 152 Å². The Bertz CT molecular complexity index is 744. The smallest absolute Gasteiger partial charge is 0.257 e. The van der Waals surface area contributed by atoms with E-state index in [-0.39, 0.29) is 17.7 Å². The molecule has 0 radical (unpaired) electrons. The number of benzene rings is 1. The van der Waals surface area contributed by atoms with Gasteiger partial charge in [-0.1, -0.05) is 30.3 Å². The zero-order chi connectivity index (χ0) is 18.4. The molecule has 138 valence electrons. The number of amides is 2. The van der Waals surface area contributed by atoms with Gasteiger partial charge >= 0.3 is 0 Å². The molecule has 2 aromatic rings. The second-order valence-electron chi connectivity index (χ2n) is 6.46. The summed E-state index contributed by atoms with van der Waals surface area (Å²) in [5, 5.41) is 6.89. The van der Waals surface area contributed by atoms with Crippen LogP contribution in [0.2, 0.25) is 0 Å². The van der Waals surface area contributed by atoms with Crippen LogP contribution in [0.5, 0.6) is 0 Å². The van der Waals surface area contributed by atoms with Crippen molar-refractivity contribution in [3.63, 3.8) is 0 Å². The first-order valence-corrected chi connectivity index (χ1v) is 9.11. The maximum atomic E-state index is 12.4. The Balaban J connectivity index is 1.47. The van der Waals surface area contributed by atoms with Gasteiger partial charge in [0.1, 0.15) is 0 Å². The topological polar surface area (TPSA) is 88.3 Å². The van der Waals surface area contributed by atoms with E-state index in [1.165, 1.54) is 0 Å². The number of piperidine rings is 1. The van der Waals surface area contributed by atoms with Gasteiger partial charge in [0.05, 0.1) is 5.92 Å². The van der Waals surface area contributed by atoms with Crippen molar-refractivity contribution >= 4 is 11.8 Å². The maximum absolute atomic E-state index is 12.4. The van der Waals surface area contributed by atoms with Crippen LogP contribution in [0.1, 0.15) is 32.0 Å². The molecule has 1 aliphatic heterocycles. The summed E-state index contributed by atoms with van der Waals surface area (Å²) in [6.07, 6.45) is 2.68. The molecule has 1 saturated heterocycles. The molecule has 1 atom stereocenters. The predicted molar refractivity (Wildman–Crippen MR) is 96.0 cm³/mol. The Morgan fingerprint density at radius 1 is 1.31 bits per heavy atom. The molecule has 26 heavy (non-hydrogen) atoms. The first-order valence-electron chi connectivity index (χ1n) is 9.11. The van der Waals surface area contributed by atoms with Crippen LogP contribution in [0.15, 0.2) is 34.9 Å². The molecular formula is C19H24N4O3. The number of aromatic nitrogens is 2. The molecule has 1 N–H and O–H groups in total. The number of nitrogens with zero attached hydrogens (tertiary/aromatic N) is 3. The monoisotopic (exact) mass is 356 g/mol. The van der Waals surface area contributed by atoms with Gasteiger partial charge in [0.25, 0.3) is 5.89 Å². The Kier molecular flexibility index (Phi) is 5.99. The van der Waals surface area contributed by atoms with Crippen LogP contribution in [0.4, 0.5) is 0 Å². The number of carbonyl (C=O) groups excluding carboxylic acids is 2. The van der Waals surface area contributed by atoms with Crippen LogP contribution in [0.3, 0.4) is 0 Å². The number of hydrogen-bond acceptors (Lipinski definition) is 5. The van der Waals surface area contributed by atoms with Gasteiger partial charge < -0.3 is 14.7 Å². The molecule has 1 aliphatic rings. The third kappa shape index (κ3) is 4.47. The molecule has 0 unspecified atom stereocenters. The Morgan fingerprint density at radius 2 is 2.12 bits per heavy atom. The molecule has 7 nitrogen and oxygen atoms in total. The van der Waals surface area contributed by atoms with E-state index in [4.69, 9.17) is 4.52 Å². The molecule has 1 aromatic carbocycles. The van der Waals surface area contributed by atoms with E-state index < -0.39 is 0 Å². The first kappa shape index (κ1) is 18.1. The second-order valence-corrected chi connectivity index (χ2v) is 6.46. The summed E-state index contributed by atoms with van der Waals surface area (Å²) in [6, 6.07) is 9.57. The van der Waals surface area contributed by atoms with Gasteiger partial charge in [-0.15, -0.1) is 0 Å². The van der Waals surface area contributed by atoms with E-state index >= 15 is 0 Å². The zero-order valence-corrected chi connectivity index (χ0v) is 15.0. The van der Waals surface area contributed by atoms with E-state index in [0.717, 1.165) is 24.9 Å². The molecule has 0 aliphatic carbocycles. The lowest BCUT2D eigenvalue weighted by Crippen LogP contribution is -2.45. The molecule has 2 heterocycles. The lowest BCUT2D eigenvalue weighted by atomic mass is 9.97. The van der Waals surface area contributed by atoms with Crippen LogP contribution in [-0.2, 0) is 16.0 Å². The number of hydrogen-bond donors (Lipinski definition) is 1. The number of nitrogens with one attached hydrogen (secondary N) is 1. The minimum absolute atomic E-state index is 0.00891. The fraction of sp³-hybridized carbons (Fsp3) is 0.474. The number of carbonyl (C=O) groups is 2. The highest BCUT2D eigenvalue weighted by molar-refractivity contribution is 5.81. The summed E-state index contributed by atoms with van der Waals surface area (Å²) in [5.41, 5.74) is 0.873. The van der Waals surface area contributed by atoms with Gasteiger partial charge in [-0.2, -0.15) is 4.98 Å². The van der Waals surface area contributed by atoms with Gasteiger partial charge in [0, 0.05) is 38.0 Å². The van der Waals surface area contributed by atoms with E-state index in [1.54, 1.807) is 4.90 Å². The lowest BCUT2D eigenvalue weighted by molar-refractivity contribution is -0.135. The minimum Gasteiger partial charge on any atom is -0.355 e. The first-order chi connectivity index (χ1) is 12.7. The highest BCUT2D eigenvalue weighted by Crippen LogP contribution is 2.18. The van der Waals surface area contributed by atoms with Crippen molar-refractivity contribution in [1.29, 1.82) is 0 Å². The molecule has 3 rings (SSSR count). The van der Waals surface area contributed by atoms with Crippen LogP contribution >= 0.6 is 0 Å². The molecule has 2 amide bonds. The second kappa shape index (κ2) is 8.60. The maximum Gasteiger partial charge on any atom is 0.257 e. The molecule has 7 heteroatoms. The van der Waals surface area contributed by atoms with Crippen LogP contribution in [0, 0.1) is 5.92 Å². The van der Waals surface area contributed by atoms with Gasteiger partial charge in [-0.25, -0.2) is 0 Å². The summed E-state index contributed by atoms with van der Waals surface area (Å²) in [4.78, 5) is 30.3. The van der Waals surface area contributed by atoms with Crippen LogP contribution in [0.25, 0.3) is 11.5 Å². The number of rotatable bonds is 6. The van der Waals surface area contributed by atoms with E-state index in [1.807, 2.05) is 37.3 Å². The summed E-state index contributed by atoms with van der Waals surface area (Å²) in [7, 11) is 0. The molecular weight excluding hydrogens is 332 g/mol. The van der Waals surface area contributed by atoms with Crippen molar-refractivity contribution in [2.75, 3.05) is 19.6 Å². The lowest BCUT2D eigenvalue weighted by Gasteiger charge is -2.31. The highest BCUT2D eigenvalue weighted by atomic mass is 16.5. The van der Waals surface area contributed by atoms with Crippen molar-refractivity contribution in [2.24, 2.45) is 5.92 Å². The van der Waals surface area contributed by atoms with Crippen molar-refractivity contribution in [1.82, 2.24) is 20.4 Å². The van der Waals surface area contributed by atoms with Crippen molar-refractivity contribution in [3.8, 4) is 11.5 Å². The van der Waals surface area contributed by atoms with Gasteiger partial charge in [0.2, 0.25) is 11.8 Å². The summed E-state index contributed by atoms with van der Waals surface area (Å²) < 4.78 is 5.26. The quantitative estimate of drug-likeness (QED) is 0.856. The average molecular weight is 356 g/mol. The Hall–Kier alpha value is -2.70. The fourth-order valence-electron chi connectivity index (χ4n) is 3.14. The zero-order valence-electron chi connectivity index (χ0n) is 15.0. The average Bonchev–Trinajstić information content (AvgIpc) is 3.17. The number of likely N-dealkylation sites (tertiary alicyclic amines) is 1. The van der Waals surface area contributed by atoms with E-state index in [9.17, 15) is 9.59 Å². The summed E-state index contributed by atoms with van der Waals surface area (Å²) in [5.74, 6) is 1.01. The SMILES string of the molecule is CCC(=O)N1CCC[C@@H](C(=O)NCCc2noc(-c3ccccc3)n2)C1. The van der Waals surface area contributed by atoms with Crippen molar-refractivity contribution in [3.05, 3.63) is 36.2 Å².